The summed E-state index contributed by atoms with van der Waals surface area (Å²) in [4.78, 5) is 13.0. The van der Waals surface area contributed by atoms with Gasteiger partial charge >= 0.3 is 0 Å². The molecule has 1 aliphatic rings. The first-order chi connectivity index (χ1) is 13.9. The molecule has 0 radical (unpaired) electrons. The number of hydrogen-bond donors (Lipinski definition) is 2. The monoisotopic (exact) mass is 455 g/mol. The van der Waals surface area contributed by atoms with E-state index in [0.29, 0.717) is 27.9 Å². The highest BCUT2D eigenvalue weighted by atomic mass is 35.5. The van der Waals surface area contributed by atoms with Crippen molar-refractivity contribution >= 4 is 38.9 Å². The molecule has 0 spiro atoms. The molecule has 1 atom stereocenters. The molecular weight excluding hydrogens is 430 g/mol. The van der Waals surface area contributed by atoms with E-state index in [4.69, 9.17) is 11.6 Å². The number of amides is 1. The summed E-state index contributed by atoms with van der Waals surface area (Å²) in [5, 5.41) is 6.82. The third-order valence-electron chi connectivity index (χ3n) is 4.88. The van der Waals surface area contributed by atoms with Gasteiger partial charge in [-0.15, -0.1) is 11.3 Å². The Morgan fingerprint density at radius 3 is 2.72 bits per heavy atom. The van der Waals surface area contributed by atoms with E-state index >= 15 is 0 Å². The third-order valence-corrected chi connectivity index (χ3v) is 8.54. The number of nitrogens with zero attached hydrogens (tertiary/aromatic N) is 1. The lowest BCUT2D eigenvalue weighted by Gasteiger charge is -2.16. The van der Waals surface area contributed by atoms with Gasteiger partial charge in [0.25, 0.3) is 15.9 Å². The number of carbonyl (C=O) groups excluding carboxylic acids is 1. The van der Waals surface area contributed by atoms with Crippen LogP contribution in [0, 0.1) is 0 Å². The third kappa shape index (κ3) is 5.79. The molecule has 1 aliphatic heterocycles. The standard InChI is InChI=1S/C20H26ClN3O3S2/c1-2-3-11-22-17-10-12-24(14-17)29(26,27)19-9-8-18(28-19)13-23-20(25)15-4-6-16(21)7-5-15/h4-9,17,22H,2-3,10-14H2,1H3,(H,23,25). The van der Waals surface area contributed by atoms with Crippen LogP contribution in [0.3, 0.4) is 0 Å². The van der Waals surface area contributed by atoms with Gasteiger partial charge in [0, 0.05) is 34.6 Å². The van der Waals surface area contributed by atoms with E-state index in [9.17, 15) is 13.2 Å². The molecule has 1 aromatic carbocycles. The summed E-state index contributed by atoms with van der Waals surface area (Å²) >= 11 is 7.04. The zero-order valence-electron chi connectivity index (χ0n) is 16.4. The van der Waals surface area contributed by atoms with Crippen molar-refractivity contribution in [3.8, 4) is 0 Å². The highest BCUT2D eigenvalue weighted by Gasteiger charge is 2.33. The molecule has 29 heavy (non-hydrogen) atoms. The van der Waals surface area contributed by atoms with E-state index in [1.54, 1.807) is 40.7 Å². The predicted molar refractivity (Wildman–Crippen MR) is 117 cm³/mol. The van der Waals surface area contributed by atoms with Crippen LogP contribution in [0.1, 0.15) is 41.4 Å². The minimum Gasteiger partial charge on any atom is -0.347 e. The van der Waals surface area contributed by atoms with Crippen molar-refractivity contribution in [3.63, 3.8) is 0 Å². The van der Waals surface area contributed by atoms with Crippen LogP contribution in [-0.2, 0) is 16.6 Å². The van der Waals surface area contributed by atoms with Gasteiger partial charge in [-0.3, -0.25) is 4.79 Å². The summed E-state index contributed by atoms with van der Waals surface area (Å²) < 4.78 is 27.7. The molecular formula is C20H26ClN3O3S2. The second-order valence-corrected chi connectivity index (χ2v) is 10.8. The second kappa shape index (κ2) is 10.0. The molecule has 9 heteroatoms. The lowest BCUT2D eigenvalue weighted by molar-refractivity contribution is 0.0951. The van der Waals surface area contributed by atoms with Crippen LogP contribution in [-0.4, -0.2) is 44.3 Å². The summed E-state index contributed by atoms with van der Waals surface area (Å²) in [5.41, 5.74) is 0.512. The molecule has 158 valence electrons. The first-order valence-corrected chi connectivity index (χ1v) is 12.4. The van der Waals surface area contributed by atoms with Gasteiger partial charge in [-0.2, -0.15) is 4.31 Å². The molecule has 0 aliphatic carbocycles. The number of hydrogen-bond acceptors (Lipinski definition) is 5. The van der Waals surface area contributed by atoms with Gasteiger partial charge < -0.3 is 10.6 Å². The molecule has 1 fully saturated rings. The molecule has 1 unspecified atom stereocenters. The van der Waals surface area contributed by atoms with Crippen molar-refractivity contribution in [1.29, 1.82) is 0 Å². The average molecular weight is 456 g/mol. The van der Waals surface area contributed by atoms with Gasteiger partial charge in [0.2, 0.25) is 0 Å². The molecule has 0 saturated carbocycles. The lowest BCUT2D eigenvalue weighted by Crippen LogP contribution is -2.35. The van der Waals surface area contributed by atoms with Gasteiger partial charge in [0.15, 0.2) is 0 Å². The lowest BCUT2D eigenvalue weighted by atomic mass is 10.2. The Morgan fingerprint density at radius 1 is 1.24 bits per heavy atom. The fourth-order valence-corrected chi connectivity index (χ4v) is 6.26. The molecule has 2 N–H and O–H groups in total. The Bertz CT molecular complexity index is 929. The van der Waals surface area contributed by atoms with Crippen LogP contribution in [0.25, 0.3) is 0 Å². The van der Waals surface area contributed by atoms with Crippen LogP contribution in [0.4, 0.5) is 0 Å². The number of thiophene rings is 1. The molecule has 1 amide bonds. The molecule has 0 bridgehead atoms. The highest BCUT2D eigenvalue weighted by Crippen LogP contribution is 2.27. The SMILES string of the molecule is CCCCNC1CCN(S(=O)(=O)c2ccc(CNC(=O)c3ccc(Cl)cc3)s2)C1. The van der Waals surface area contributed by atoms with Crippen LogP contribution >= 0.6 is 22.9 Å². The summed E-state index contributed by atoms with van der Waals surface area (Å²) in [6.45, 7) is 4.38. The molecule has 1 saturated heterocycles. The predicted octanol–water partition coefficient (Wildman–Crippen LogP) is 3.48. The number of benzene rings is 1. The quantitative estimate of drug-likeness (QED) is 0.567. The van der Waals surface area contributed by atoms with E-state index in [1.165, 1.54) is 11.3 Å². The average Bonchev–Trinajstić information content (AvgIpc) is 3.37. The summed E-state index contributed by atoms with van der Waals surface area (Å²) in [6.07, 6.45) is 3.05. The Morgan fingerprint density at radius 2 is 2.00 bits per heavy atom. The number of nitrogens with one attached hydrogen (secondary N) is 2. The van der Waals surface area contributed by atoms with Gasteiger partial charge in [0.05, 0.1) is 6.54 Å². The topological polar surface area (TPSA) is 78.5 Å². The van der Waals surface area contributed by atoms with Crippen molar-refractivity contribution < 1.29 is 13.2 Å². The van der Waals surface area contributed by atoms with Crippen LogP contribution in [0.15, 0.2) is 40.6 Å². The van der Waals surface area contributed by atoms with Crippen molar-refractivity contribution in [1.82, 2.24) is 14.9 Å². The minimum atomic E-state index is -3.49. The fraction of sp³-hybridized carbons (Fsp3) is 0.450. The molecule has 3 rings (SSSR count). The van der Waals surface area contributed by atoms with E-state index in [2.05, 4.69) is 17.6 Å². The van der Waals surface area contributed by atoms with Crippen molar-refractivity contribution in [2.75, 3.05) is 19.6 Å². The Balaban J connectivity index is 1.56. The molecule has 6 nitrogen and oxygen atoms in total. The van der Waals surface area contributed by atoms with Crippen molar-refractivity contribution in [2.45, 2.75) is 43.0 Å². The number of unbranched alkanes of at least 4 members (excludes halogenated alkanes) is 1. The minimum absolute atomic E-state index is 0.217. The zero-order valence-corrected chi connectivity index (χ0v) is 18.7. The number of rotatable bonds is 9. The van der Waals surface area contributed by atoms with Crippen LogP contribution in [0.5, 0.6) is 0 Å². The molecule has 2 heterocycles. The van der Waals surface area contributed by atoms with Crippen LogP contribution < -0.4 is 10.6 Å². The van der Waals surface area contributed by atoms with Gasteiger partial charge in [0.1, 0.15) is 4.21 Å². The van der Waals surface area contributed by atoms with Gasteiger partial charge in [-0.25, -0.2) is 8.42 Å². The van der Waals surface area contributed by atoms with E-state index in [0.717, 1.165) is 30.7 Å². The van der Waals surface area contributed by atoms with Gasteiger partial charge in [-0.1, -0.05) is 24.9 Å². The highest BCUT2D eigenvalue weighted by molar-refractivity contribution is 7.91. The number of halogens is 1. The normalized spacial score (nSPS) is 17.5. The van der Waals surface area contributed by atoms with E-state index < -0.39 is 10.0 Å². The number of sulfonamides is 1. The van der Waals surface area contributed by atoms with E-state index in [-0.39, 0.29) is 18.5 Å². The summed E-state index contributed by atoms with van der Waals surface area (Å²) in [7, 11) is -3.49. The maximum atomic E-state index is 12.9. The van der Waals surface area contributed by atoms with Crippen molar-refractivity contribution in [3.05, 3.63) is 51.9 Å². The largest absolute Gasteiger partial charge is 0.347 e. The van der Waals surface area contributed by atoms with Crippen molar-refractivity contribution in [2.24, 2.45) is 0 Å². The smallest absolute Gasteiger partial charge is 0.252 e. The summed E-state index contributed by atoms with van der Waals surface area (Å²) in [5.74, 6) is -0.222. The second-order valence-electron chi connectivity index (χ2n) is 7.07. The summed E-state index contributed by atoms with van der Waals surface area (Å²) in [6, 6.07) is 10.2. The Labute approximate surface area is 181 Å². The van der Waals surface area contributed by atoms with Crippen LogP contribution in [0.2, 0.25) is 5.02 Å². The zero-order chi connectivity index (χ0) is 20.9. The van der Waals surface area contributed by atoms with Gasteiger partial charge in [-0.05, 0) is 55.8 Å². The first-order valence-electron chi connectivity index (χ1n) is 9.76. The first kappa shape index (κ1) is 22.2. The van der Waals surface area contributed by atoms with E-state index in [1.807, 2.05) is 0 Å². The maximum Gasteiger partial charge on any atom is 0.252 e. The number of carbonyl (C=O) groups is 1. The maximum absolute atomic E-state index is 12.9. The Kier molecular flexibility index (Phi) is 7.70. The Hall–Kier alpha value is -1.45. The molecule has 2 aromatic rings. The molecule has 1 aromatic heterocycles. The fourth-order valence-electron chi connectivity index (χ4n) is 3.19.